The molecule has 152 valence electrons. The van der Waals surface area contributed by atoms with E-state index in [-0.39, 0.29) is 47.7 Å². The van der Waals surface area contributed by atoms with Gasteiger partial charge < -0.3 is 20.1 Å². The van der Waals surface area contributed by atoms with Crippen molar-refractivity contribution >= 4 is 23.3 Å². The fourth-order valence-corrected chi connectivity index (χ4v) is 4.78. The summed E-state index contributed by atoms with van der Waals surface area (Å²) in [6.07, 6.45) is 0.753. The molecule has 1 aromatic rings. The molecule has 0 aromatic heterocycles. The monoisotopic (exact) mass is 396 g/mol. The van der Waals surface area contributed by atoms with Gasteiger partial charge >= 0.3 is 5.97 Å². The Labute approximate surface area is 169 Å². The average molecular weight is 396 g/mol. The van der Waals surface area contributed by atoms with Crippen LogP contribution in [0.4, 0.5) is 5.69 Å². The number of carbonyl (C=O) groups excluding carboxylic acids is 3. The number of carbonyl (C=O) groups is 3. The van der Waals surface area contributed by atoms with Crippen molar-refractivity contribution in [2.45, 2.75) is 39.0 Å². The van der Waals surface area contributed by atoms with Crippen molar-refractivity contribution in [3.63, 3.8) is 0 Å². The molecule has 7 heteroatoms. The van der Waals surface area contributed by atoms with Crippen LogP contribution in [0.1, 0.15) is 39.2 Å². The van der Waals surface area contributed by atoms with Crippen LogP contribution in [-0.4, -0.2) is 30.8 Å². The zero-order valence-corrected chi connectivity index (χ0v) is 16.8. The molecule has 2 atom stereocenters. The molecule has 3 aliphatic rings. The third-order valence-corrected chi connectivity index (χ3v) is 5.82. The van der Waals surface area contributed by atoms with E-state index in [9.17, 15) is 14.4 Å². The third-order valence-electron chi connectivity index (χ3n) is 5.82. The van der Waals surface area contributed by atoms with E-state index in [0.717, 1.165) is 0 Å². The smallest absolute Gasteiger partial charge is 0.341 e. The number of allylic oxidation sites excluding steroid dienone is 1. The second-order valence-electron chi connectivity index (χ2n) is 7.61. The van der Waals surface area contributed by atoms with Crippen molar-refractivity contribution in [3.8, 4) is 0 Å². The lowest BCUT2D eigenvalue weighted by molar-refractivity contribution is -0.141. The second kappa shape index (κ2) is 6.76. The molecule has 0 radical (unpaired) electrons. The third kappa shape index (κ3) is 2.46. The largest absolute Gasteiger partial charge is 0.462 e. The standard InChI is InChI=1S/C22H24N2O5/c1-4-24-14-9-7-6-8-13(14)22(21(24)27)17-15(25)10-12(3)11-16(17)29-19(23)18(22)20(26)28-5-2/h6-9,12H,4-5,10-11,23H2,1-3H3/t12-,22+/m1/s1. The number of ether oxygens (including phenoxy) is 2. The lowest BCUT2D eigenvalue weighted by atomic mass is 9.64. The summed E-state index contributed by atoms with van der Waals surface area (Å²) in [6, 6.07) is 7.20. The van der Waals surface area contributed by atoms with Gasteiger partial charge in [0.1, 0.15) is 16.7 Å². The second-order valence-corrected chi connectivity index (χ2v) is 7.61. The molecule has 4 rings (SSSR count). The van der Waals surface area contributed by atoms with E-state index < -0.39 is 11.4 Å². The van der Waals surface area contributed by atoms with Gasteiger partial charge in [-0.3, -0.25) is 9.59 Å². The molecule has 2 N–H and O–H groups in total. The van der Waals surface area contributed by atoms with Gasteiger partial charge in [0.05, 0.1) is 12.2 Å². The molecule has 29 heavy (non-hydrogen) atoms. The summed E-state index contributed by atoms with van der Waals surface area (Å²) in [5.74, 6) is -1.06. The molecule has 0 unspecified atom stereocenters. The maximum absolute atomic E-state index is 13.9. The van der Waals surface area contributed by atoms with Crippen molar-refractivity contribution in [2.24, 2.45) is 11.7 Å². The van der Waals surface area contributed by atoms with Crippen molar-refractivity contribution in [3.05, 3.63) is 52.6 Å². The van der Waals surface area contributed by atoms with Gasteiger partial charge in [-0.25, -0.2) is 4.79 Å². The van der Waals surface area contributed by atoms with Crippen molar-refractivity contribution < 1.29 is 23.9 Å². The van der Waals surface area contributed by atoms with E-state index in [4.69, 9.17) is 15.2 Å². The fraction of sp³-hybridized carbons (Fsp3) is 0.409. The number of ketones is 1. The first-order chi connectivity index (χ1) is 13.9. The minimum Gasteiger partial charge on any atom is -0.462 e. The van der Waals surface area contributed by atoms with Crippen LogP contribution in [0.5, 0.6) is 0 Å². The van der Waals surface area contributed by atoms with Crippen molar-refractivity contribution in [2.75, 3.05) is 18.1 Å². The van der Waals surface area contributed by atoms with E-state index in [1.54, 1.807) is 24.0 Å². The van der Waals surface area contributed by atoms with Gasteiger partial charge in [-0.05, 0) is 25.8 Å². The SMILES string of the molecule is CCOC(=O)C1=C(N)OC2=C(C(=O)C[C@@H](C)C2)[C@]12C(=O)N(CC)c1ccccc12. The Morgan fingerprint density at radius 2 is 2.00 bits per heavy atom. The molecule has 2 aliphatic heterocycles. The molecule has 1 aromatic carbocycles. The summed E-state index contributed by atoms with van der Waals surface area (Å²) < 4.78 is 11.0. The molecule has 1 spiro atoms. The Balaban J connectivity index is 2.09. The summed E-state index contributed by atoms with van der Waals surface area (Å²) in [7, 11) is 0. The van der Waals surface area contributed by atoms with Crippen LogP contribution >= 0.6 is 0 Å². The number of hydrogen-bond donors (Lipinski definition) is 1. The van der Waals surface area contributed by atoms with Gasteiger partial charge in [-0.15, -0.1) is 0 Å². The summed E-state index contributed by atoms with van der Waals surface area (Å²) >= 11 is 0. The Morgan fingerprint density at radius 1 is 1.28 bits per heavy atom. The minimum absolute atomic E-state index is 0.0595. The van der Waals surface area contributed by atoms with E-state index in [1.165, 1.54) is 0 Å². The number of benzene rings is 1. The molecule has 0 saturated heterocycles. The lowest BCUT2D eigenvalue weighted by Crippen LogP contribution is -2.51. The summed E-state index contributed by atoms with van der Waals surface area (Å²) in [5.41, 5.74) is 5.93. The number of rotatable bonds is 3. The van der Waals surface area contributed by atoms with Crippen LogP contribution in [0.25, 0.3) is 0 Å². The number of amides is 1. The van der Waals surface area contributed by atoms with E-state index in [2.05, 4.69) is 0 Å². The van der Waals surface area contributed by atoms with Gasteiger partial charge in [-0.1, -0.05) is 25.1 Å². The first-order valence-corrected chi connectivity index (χ1v) is 9.91. The molecule has 0 saturated carbocycles. The molecule has 1 amide bonds. The average Bonchev–Trinajstić information content (AvgIpc) is 2.90. The highest BCUT2D eigenvalue weighted by atomic mass is 16.5. The number of esters is 1. The molecule has 0 fully saturated rings. The highest BCUT2D eigenvalue weighted by Crippen LogP contribution is 2.56. The lowest BCUT2D eigenvalue weighted by Gasteiger charge is -2.39. The van der Waals surface area contributed by atoms with Crippen LogP contribution in [0.3, 0.4) is 0 Å². The fourth-order valence-electron chi connectivity index (χ4n) is 4.78. The van der Waals surface area contributed by atoms with Gasteiger partial charge in [-0.2, -0.15) is 0 Å². The number of likely N-dealkylation sites (N-methyl/N-ethyl adjacent to an activating group) is 1. The minimum atomic E-state index is -1.63. The predicted octanol–water partition coefficient (Wildman–Crippen LogP) is 2.31. The number of hydrogen-bond acceptors (Lipinski definition) is 6. The van der Waals surface area contributed by atoms with Gasteiger partial charge in [0.25, 0.3) is 0 Å². The van der Waals surface area contributed by atoms with E-state index >= 15 is 0 Å². The first kappa shape index (κ1) is 19.2. The van der Waals surface area contributed by atoms with Crippen LogP contribution in [0.2, 0.25) is 0 Å². The number of Topliss-reactive ketones (excluding diaryl/α,β-unsaturated/α-hetero) is 1. The van der Waals surface area contributed by atoms with E-state index in [1.807, 2.05) is 26.0 Å². The maximum atomic E-state index is 13.9. The Kier molecular flexibility index (Phi) is 4.48. The van der Waals surface area contributed by atoms with Crippen molar-refractivity contribution in [1.82, 2.24) is 0 Å². The number of nitrogens with zero attached hydrogens (tertiary/aromatic N) is 1. The maximum Gasteiger partial charge on any atom is 0.341 e. The summed E-state index contributed by atoms with van der Waals surface area (Å²) in [4.78, 5) is 41.8. The first-order valence-electron chi connectivity index (χ1n) is 9.91. The molecular formula is C22H24N2O5. The number of anilines is 1. The highest BCUT2D eigenvalue weighted by molar-refractivity contribution is 6.23. The molecule has 0 bridgehead atoms. The molecular weight excluding hydrogens is 372 g/mol. The topological polar surface area (TPSA) is 98.9 Å². The number of nitrogens with two attached hydrogens (primary N) is 1. The highest BCUT2D eigenvalue weighted by Gasteiger charge is 2.63. The molecule has 1 aliphatic carbocycles. The van der Waals surface area contributed by atoms with Crippen molar-refractivity contribution in [1.29, 1.82) is 0 Å². The summed E-state index contributed by atoms with van der Waals surface area (Å²) in [5, 5.41) is 0. The summed E-state index contributed by atoms with van der Waals surface area (Å²) in [6.45, 7) is 5.97. The molecule has 2 heterocycles. The van der Waals surface area contributed by atoms with Crippen LogP contribution in [0, 0.1) is 5.92 Å². The quantitative estimate of drug-likeness (QED) is 0.787. The van der Waals surface area contributed by atoms with Gasteiger partial charge in [0.15, 0.2) is 5.78 Å². The van der Waals surface area contributed by atoms with Gasteiger partial charge in [0.2, 0.25) is 11.8 Å². The Bertz CT molecular complexity index is 993. The number of fused-ring (bicyclic) bond motifs is 3. The van der Waals surface area contributed by atoms with Gasteiger partial charge in [0, 0.05) is 30.6 Å². The Hall–Kier alpha value is -3.09. The predicted molar refractivity (Wildman–Crippen MR) is 106 cm³/mol. The number of para-hydroxylation sites is 1. The Morgan fingerprint density at radius 3 is 2.69 bits per heavy atom. The molecule has 7 nitrogen and oxygen atoms in total. The normalized spacial score (nSPS) is 25.9. The van der Waals surface area contributed by atoms with E-state index in [0.29, 0.717) is 30.0 Å². The zero-order valence-electron chi connectivity index (χ0n) is 16.8. The van der Waals surface area contributed by atoms with Crippen LogP contribution in [-0.2, 0) is 29.3 Å². The van der Waals surface area contributed by atoms with Crippen LogP contribution < -0.4 is 10.6 Å². The zero-order chi connectivity index (χ0) is 20.9. The van der Waals surface area contributed by atoms with Crippen LogP contribution in [0.15, 0.2) is 47.1 Å².